The quantitative estimate of drug-likeness (QED) is 0.662. The van der Waals surface area contributed by atoms with Crippen LogP contribution in [0.1, 0.15) is 0 Å². The standard InChI is InChI=1S/C19H18NO/c1-20-14-7-6-12-17(20)19-16(11-8-13-18(19)21-2)15-9-4-3-5-10-15/h3-14H,1-2H3/q+1. The van der Waals surface area contributed by atoms with E-state index in [2.05, 4.69) is 60.3 Å². The van der Waals surface area contributed by atoms with E-state index in [1.165, 1.54) is 11.1 Å². The van der Waals surface area contributed by atoms with Gasteiger partial charge in [-0.3, -0.25) is 0 Å². The minimum Gasteiger partial charge on any atom is -0.496 e. The van der Waals surface area contributed by atoms with E-state index in [4.69, 9.17) is 4.74 Å². The maximum Gasteiger partial charge on any atom is 0.216 e. The molecule has 0 radical (unpaired) electrons. The van der Waals surface area contributed by atoms with Gasteiger partial charge >= 0.3 is 0 Å². The van der Waals surface area contributed by atoms with Gasteiger partial charge < -0.3 is 4.74 Å². The van der Waals surface area contributed by atoms with Crippen molar-refractivity contribution in [2.24, 2.45) is 7.05 Å². The fraction of sp³-hybridized carbons (Fsp3) is 0.105. The summed E-state index contributed by atoms with van der Waals surface area (Å²) < 4.78 is 7.72. The highest BCUT2D eigenvalue weighted by Gasteiger charge is 2.19. The van der Waals surface area contributed by atoms with Crippen LogP contribution in [0.2, 0.25) is 0 Å². The van der Waals surface area contributed by atoms with Crippen molar-refractivity contribution >= 4 is 0 Å². The first-order chi connectivity index (χ1) is 10.3. The number of hydrogen-bond donors (Lipinski definition) is 0. The Bertz CT molecular complexity index is 751. The van der Waals surface area contributed by atoms with Crippen molar-refractivity contribution in [2.45, 2.75) is 0 Å². The van der Waals surface area contributed by atoms with E-state index in [-0.39, 0.29) is 0 Å². The number of aryl methyl sites for hydroxylation is 1. The van der Waals surface area contributed by atoms with Crippen LogP contribution in [-0.2, 0) is 7.05 Å². The summed E-state index contributed by atoms with van der Waals surface area (Å²) in [5.74, 6) is 0.887. The van der Waals surface area contributed by atoms with Crippen molar-refractivity contribution in [1.82, 2.24) is 0 Å². The first kappa shape index (κ1) is 13.4. The molecule has 0 aliphatic rings. The SMILES string of the molecule is COc1cccc(-c2ccccc2)c1-c1cccc[n+]1C. The molecular formula is C19H18NO+. The molecule has 104 valence electrons. The van der Waals surface area contributed by atoms with Gasteiger partial charge in [-0.25, -0.2) is 4.57 Å². The fourth-order valence-corrected chi connectivity index (χ4v) is 2.61. The second-order valence-corrected chi connectivity index (χ2v) is 4.95. The van der Waals surface area contributed by atoms with E-state index >= 15 is 0 Å². The van der Waals surface area contributed by atoms with Crippen LogP contribution in [0.3, 0.4) is 0 Å². The molecule has 0 atom stereocenters. The highest BCUT2D eigenvalue weighted by atomic mass is 16.5. The molecule has 0 unspecified atom stereocenters. The summed E-state index contributed by atoms with van der Waals surface area (Å²) in [4.78, 5) is 0. The molecule has 1 aromatic heterocycles. The lowest BCUT2D eigenvalue weighted by Gasteiger charge is -2.12. The molecule has 0 saturated heterocycles. The highest BCUT2D eigenvalue weighted by molar-refractivity contribution is 5.85. The highest BCUT2D eigenvalue weighted by Crippen LogP contribution is 2.37. The number of benzene rings is 2. The average molecular weight is 276 g/mol. The number of methoxy groups -OCH3 is 1. The van der Waals surface area contributed by atoms with E-state index in [0.29, 0.717) is 0 Å². The van der Waals surface area contributed by atoms with Gasteiger partial charge in [0.1, 0.15) is 12.8 Å². The van der Waals surface area contributed by atoms with Crippen LogP contribution in [0, 0.1) is 0 Å². The van der Waals surface area contributed by atoms with Gasteiger partial charge in [0.2, 0.25) is 5.69 Å². The third-order valence-electron chi connectivity index (χ3n) is 3.64. The van der Waals surface area contributed by atoms with Gasteiger partial charge in [-0.05, 0) is 23.3 Å². The van der Waals surface area contributed by atoms with Crippen LogP contribution < -0.4 is 9.30 Å². The smallest absolute Gasteiger partial charge is 0.216 e. The summed E-state index contributed by atoms with van der Waals surface area (Å²) in [5, 5.41) is 0. The number of rotatable bonds is 3. The monoisotopic (exact) mass is 276 g/mol. The summed E-state index contributed by atoms with van der Waals surface area (Å²) in [5.41, 5.74) is 4.62. The summed E-state index contributed by atoms with van der Waals surface area (Å²) in [6.07, 6.45) is 2.05. The second-order valence-electron chi connectivity index (χ2n) is 4.95. The molecule has 0 N–H and O–H groups in total. The van der Waals surface area contributed by atoms with Crippen molar-refractivity contribution in [1.29, 1.82) is 0 Å². The molecule has 1 heterocycles. The Balaban J connectivity index is 2.30. The van der Waals surface area contributed by atoms with E-state index in [1.807, 2.05) is 24.3 Å². The third-order valence-corrected chi connectivity index (χ3v) is 3.64. The molecule has 0 fully saturated rings. The Morgan fingerprint density at radius 1 is 0.810 bits per heavy atom. The Labute approximate surface area is 125 Å². The molecule has 2 heteroatoms. The lowest BCUT2D eigenvalue weighted by Crippen LogP contribution is -2.30. The number of ether oxygens (including phenoxy) is 1. The van der Waals surface area contributed by atoms with Crippen LogP contribution in [0.25, 0.3) is 22.4 Å². The van der Waals surface area contributed by atoms with E-state index in [1.54, 1.807) is 7.11 Å². The Kier molecular flexibility index (Phi) is 3.69. The molecule has 0 saturated carbocycles. The maximum absolute atomic E-state index is 5.60. The summed E-state index contributed by atoms with van der Waals surface area (Å²) in [7, 11) is 3.77. The van der Waals surface area contributed by atoms with Gasteiger partial charge in [-0.1, -0.05) is 42.5 Å². The second kappa shape index (κ2) is 5.80. The van der Waals surface area contributed by atoms with Gasteiger partial charge in [0.25, 0.3) is 0 Å². The summed E-state index contributed by atoms with van der Waals surface area (Å²) >= 11 is 0. The molecule has 3 rings (SSSR count). The minimum atomic E-state index is 0.887. The predicted molar refractivity (Wildman–Crippen MR) is 85.0 cm³/mol. The van der Waals surface area contributed by atoms with Crippen LogP contribution >= 0.6 is 0 Å². The lowest BCUT2D eigenvalue weighted by atomic mass is 9.96. The zero-order chi connectivity index (χ0) is 14.7. The zero-order valence-corrected chi connectivity index (χ0v) is 12.3. The molecule has 0 spiro atoms. The van der Waals surface area contributed by atoms with Gasteiger partial charge in [0.05, 0.1) is 12.7 Å². The van der Waals surface area contributed by atoms with Crippen LogP contribution in [-0.4, -0.2) is 7.11 Å². The normalized spacial score (nSPS) is 10.4. The topological polar surface area (TPSA) is 13.1 Å². The van der Waals surface area contributed by atoms with Gasteiger partial charge in [-0.2, -0.15) is 0 Å². The van der Waals surface area contributed by atoms with Gasteiger partial charge in [-0.15, -0.1) is 0 Å². The van der Waals surface area contributed by atoms with Crippen LogP contribution in [0.5, 0.6) is 5.75 Å². The third kappa shape index (κ3) is 2.52. The van der Waals surface area contributed by atoms with Crippen molar-refractivity contribution in [3.8, 4) is 28.1 Å². The number of nitrogens with zero attached hydrogens (tertiary/aromatic N) is 1. The first-order valence-corrected chi connectivity index (χ1v) is 6.98. The molecule has 0 aliphatic carbocycles. The van der Waals surface area contributed by atoms with E-state index in [0.717, 1.165) is 17.0 Å². The number of aromatic nitrogens is 1. The molecule has 0 aliphatic heterocycles. The molecule has 2 nitrogen and oxygen atoms in total. The number of pyridine rings is 1. The minimum absolute atomic E-state index is 0.887. The maximum atomic E-state index is 5.60. The van der Waals surface area contributed by atoms with Crippen molar-refractivity contribution < 1.29 is 9.30 Å². The average Bonchev–Trinajstić information content (AvgIpc) is 2.55. The molecule has 0 bridgehead atoms. The van der Waals surface area contributed by atoms with Crippen molar-refractivity contribution in [3.05, 3.63) is 72.9 Å². The van der Waals surface area contributed by atoms with Crippen LogP contribution in [0.15, 0.2) is 72.9 Å². The van der Waals surface area contributed by atoms with Crippen LogP contribution in [0.4, 0.5) is 0 Å². The van der Waals surface area contributed by atoms with E-state index in [9.17, 15) is 0 Å². The first-order valence-electron chi connectivity index (χ1n) is 6.98. The number of hydrogen-bond acceptors (Lipinski definition) is 1. The van der Waals surface area contributed by atoms with E-state index < -0.39 is 0 Å². The Morgan fingerprint density at radius 3 is 2.29 bits per heavy atom. The predicted octanol–water partition coefficient (Wildman–Crippen LogP) is 3.85. The Morgan fingerprint density at radius 2 is 1.57 bits per heavy atom. The Hall–Kier alpha value is -2.61. The largest absolute Gasteiger partial charge is 0.496 e. The van der Waals surface area contributed by atoms with Crippen molar-refractivity contribution in [2.75, 3.05) is 7.11 Å². The molecule has 3 aromatic rings. The zero-order valence-electron chi connectivity index (χ0n) is 12.3. The van der Waals surface area contributed by atoms with Gasteiger partial charge in [0.15, 0.2) is 6.20 Å². The molecular weight excluding hydrogens is 258 g/mol. The van der Waals surface area contributed by atoms with Crippen molar-refractivity contribution in [3.63, 3.8) is 0 Å². The van der Waals surface area contributed by atoms with Gasteiger partial charge in [0, 0.05) is 12.1 Å². The molecule has 2 aromatic carbocycles. The molecule has 21 heavy (non-hydrogen) atoms. The molecule has 0 amide bonds. The summed E-state index contributed by atoms with van der Waals surface area (Å²) in [6.45, 7) is 0. The lowest BCUT2D eigenvalue weighted by molar-refractivity contribution is -0.660. The summed E-state index contributed by atoms with van der Waals surface area (Å²) in [6, 6.07) is 22.8. The fourth-order valence-electron chi connectivity index (χ4n) is 2.61.